The molecule has 0 unspecified atom stereocenters. The second-order valence-corrected chi connectivity index (χ2v) is 6.32. The Kier molecular flexibility index (Phi) is 7.50. The number of methoxy groups -OCH3 is 2. The highest BCUT2D eigenvalue weighted by Crippen LogP contribution is 2.33. The number of hydrogen-bond acceptors (Lipinski definition) is 8. The highest BCUT2D eigenvalue weighted by Gasteiger charge is 2.20. The minimum absolute atomic E-state index is 0.0494. The Morgan fingerprint density at radius 3 is 2.26 bits per heavy atom. The van der Waals surface area contributed by atoms with Gasteiger partial charge in [0.05, 0.1) is 30.4 Å². The van der Waals surface area contributed by atoms with E-state index in [0.717, 1.165) is 0 Å². The van der Waals surface area contributed by atoms with E-state index < -0.39 is 29.3 Å². The summed E-state index contributed by atoms with van der Waals surface area (Å²) in [6.45, 7) is 2.18. The van der Waals surface area contributed by atoms with E-state index in [1.54, 1.807) is 6.92 Å². The highest BCUT2D eigenvalue weighted by atomic mass is 16.6. The fourth-order valence-corrected chi connectivity index (χ4v) is 2.63. The topological polar surface area (TPSA) is 146 Å². The molecule has 0 aliphatic carbocycles. The predicted octanol–water partition coefficient (Wildman–Crippen LogP) is 2.67. The summed E-state index contributed by atoms with van der Waals surface area (Å²) in [6, 6.07) is 6.89. The maximum absolute atomic E-state index is 12.5. The first kappa shape index (κ1) is 23.1. The van der Waals surface area contributed by atoms with Crippen LogP contribution in [0.15, 0.2) is 30.3 Å². The molecule has 0 saturated heterocycles. The first-order chi connectivity index (χ1) is 14.7. The number of nitrogens with zero attached hydrogens (tertiary/aromatic N) is 1. The summed E-state index contributed by atoms with van der Waals surface area (Å²) in [6.07, 6.45) is 0. The van der Waals surface area contributed by atoms with Gasteiger partial charge < -0.3 is 24.8 Å². The molecule has 0 aliphatic rings. The van der Waals surface area contributed by atoms with Gasteiger partial charge in [0.2, 0.25) is 5.91 Å². The summed E-state index contributed by atoms with van der Waals surface area (Å²) in [7, 11) is 2.77. The van der Waals surface area contributed by atoms with E-state index in [0.29, 0.717) is 5.56 Å². The maximum atomic E-state index is 12.5. The van der Waals surface area contributed by atoms with E-state index in [1.807, 2.05) is 0 Å². The van der Waals surface area contributed by atoms with Crippen LogP contribution in [0.2, 0.25) is 0 Å². The zero-order chi connectivity index (χ0) is 23.1. The highest BCUT2D eigenvalue weighted by molar-refractivity contribution is 6.03. The van der Waals surface area contributed by atoms with Crippen molar-refractivity contribution >= 4 is 34.8 Å². The van der Waals surface area contributed by atoms with Crippen molar-refractivity contribution < 1.29 is 33.5 Å². The van der Waals surface area contributed by atoms with Crippen molar-refractivity contribution in [3.05, 3.63) is 51.6 Å². The number of nitrogens with one attached hydrogen (secondary N) is 2. The van der Waals surface area contributed by atoms with Gasteiger partial charge in [0.1, 0.15) is 0 Å². The van der Waals surface area contributed by atoms with Crippen LogP contribution in [0.25, 0.3) is 0 Å². The number of ether oxygens (including phenoxy) is 3. The third kappa shape index (κ3) is 5.92. The maximum Gasteiger partial charge on any atom is 0.340 e. The van der Waals surface area contributed by atoms with Gasteiger partial charge in [0, 0.05) is 36.4 Å². The molecule has 0 spiro atoms. The van der Waals surface area contributed by atoms with Gasteiger partial charge in [-0.3, -0.25) is 19.7 Å². The van der Waals surface area contributed by atoms with Crippen LogP contribution >= 0.6 is 0 Å². The van der Waals surface area contributed by atoms with Crippen LogP contribution < -0.4 is 20.1 Å². The molecule has 0 atom stereocenters. The van der Waals surface area contributed by atoms with E-state index in [2.05, 4.69) is 10.6 Å². The second-order valence-electron chi connectivity index (χ2n) is 6.32. The Bertz CT molecular complexity index is 1040. The number of nitro benzene ring substituents is 1. The van der Waals surface area contributed by atoms with Crippen molar-refractivity contribution in [1.29, 1.82) is 0 Å². The third-order valence-electron chi connectivity index (χ3n) is 4.08. The SMILES string of the molecule is COc1cc(NC(C)=O)c(C(=O)OCC(=O)Nc2ccc(C)c([N+](=O)[O-])c2)cc1OC. The van der Waals surface area contributed by atoms with Crippen molar-refractivity contribution in [2.75, 3.05) is 31.5 Å². The largest absolute Gasteiger partial charge is 0.493 e. The van der Waals surface area contributed by atoms with Crippen molar-refractivity contribution in [2.24, 2.45) is 0 Å². The van der Waals surface area contributed by atoms with Gasteiger partial charge in [-0.15, -0.1) is 0 Å². The monoisotopic (exact) mass is 431 g/mol. The minimum Gasteiger partial charge on any atom is -0.493 e. The lowest BCUT2D eigenvalue weighted by molar-refractivity contribution is -0.385. The molecule has 0 heterocycles. The van der Waals surface area contributed by atoms with Crippen LogP contribution in [0.5, 0.6) is 11.5 Å². The molecule has 0 radical (unpaired) electrons. The number of hydrogen-bond donors (Lipinski definition) is 2. The Morgan fingerprint density at radius 1 is 1.03 bits per heavy atom. The third-order valence-corrected chi connectivity index (χ3v) is 4.08. The van der Waals surface area contributed by atoms with Gasteiger partial charge in [0.15, 0.2) is 18.1 Å². The molecule has 2 rings (SSSR count). The number of esters is 1. The second kappa shape index (κ2) is 10.1. The lowest BCUT2D eigenvalue weighted by Gasteiger charge is -2.14. The number of rotatable bonds is 8. The number of amides is 2. The van der Waals surface area contributed by atoms with Crippen LogP contribution in [0.1, 0.15) is 22.8 Å². The average molecular weight is 431 g/mol. The van der Waals surface area contributed by atoms with E-state index in [-0.39, 0.29) is 34.1 Å². The molecule has 0 aromatic heterocycles. The van der Waals surface area contributed by atoms with Crippen LogP contribution in [-0.2, 0) is 14.3 Å². The van der Waals surface area contributed by atoms with E-state index >= 15 is 0 Å². The summed E-state index contributed by atoms with van der Waals surface area (Å²) in [5.74, 6) is -1.52. The molecule has 2 aromatic rings. The van der Waals surface area contributed by atoms with E-state index in [4.69, 9.17) is 14.2 Å². The van der Waals surface area contributed by atoms with Gasteiger partial charge in [-0.05, 0) is 13.0 Å². The van der Waals surface area contributed by atoms with Gasteiger partial charge >= 0.3 is 5.97 Å². The number of carbonyl (C=O) groups is 3. The van der Waals surface area contributed by atoms with Crippen LogP contribution in [0.4, 0.5) is 17.1 Å². The molecule has 2 amide bonds. The summed E-state index contributed by atoms with van der Waals surface area (Å²) in [4.78, 5) is 46.6. The van der Waals surface area contributed by atoms with Gasteiger partial charge in [-0.2, -0.15) is 0 Å². The van der Waals surface area contributed by atoms with Crippen LogP contribution in [0.3, 0.4) is 0 Å². The summed E-state index contributed by atoms with van der Waals surface area (Å²) in [5, 5.41) is 15.9. The molecule has 11 nitrogen and oxygen atoms in total. The van der Waals surface area contributed by atoms with Gasteiger partial charge in [-0.1, -0.05) is 6.07 Å². The molecule has 0 aliphatic heterocycles. The fourth-order valence-electron chi connectivity index (χ4n) is 2.63. The van der Waals surface area contributed by atoms with Crippen molar-refractivity contribution in [1.82, 2.24) is 0 Å². The Hall–Kier alpha value is -4.15. The quantitative estimate of drug-likeness (QED) is 0.368. The van der Waals surface area contributed by atoms with E-state index in [9.17, 15) is 24.5 Å². The van der Waals surface area contributed by atoms with E-state index in [1.165, 1.54) is 51.5 Å². The van der Waals surface area contributed by atoms with Crippen molar-refractivity contribution in [3.63, 3.8) is 0 Å². The minimum atomic E-state index is -0.894. The molecule has 31 heavy (non-hydrogen) atoms. The first-order valence-corrected chi connectivity index (χ1v) is 8.91. The van der Waals surface area contributed by atoms with Gasteiger partial charge in [-0.25, -0.2) is 4.79 Å². The molecule has 11 heteroatoms. The number of carbonyl (C=O) groups excluding carboxylic acids is 3. The number of aryl methyl sites for hydroxylation is 1. The predicted molar refractivity (Wildman–Crippen MR) is 111 cm³/mol. The van der Waals surface area contributed by atoms with Crippen LogP contribution in [-0.4, -0.2) is 43.5 Å². The van der Waals surface area contributed by atoms with Gasteiger partial charge in [0.25, 0.3) is 11.6 Å². The number of nitro groups is 1. The zero-order valence-electron chi connectivity index (χ0n) is 17.3. The van der Waals surface area contributed by atoms with Crippen LogP contribution in [0, 0.1) is 17.0 Å². The molecule has 2 N–H and O–H groups in total. The number of anilines is 2. The normalized spacial score (nSPS) is 10.1. The Morgan fingerprint density at radius 2 is 1.68 bits per heavy atom. The lowest BCUT2D eigenvalue weighted by Crippen LogP contribution is -2.22. The first-order valence-electron chi connectivity index (χ1n) is 8.91. The molecule has 164 valence electrons. The smallest absolute Gasteiger partial charge is 0.340 e. The Labute approximate surface area is 177 Å². The average Bonchev–Trinajstić information content (AvgIpc) is 2.72. The summed E-state index contributed by atoms with van der Waals surface area (Å²) >= 11 is 0. The molecule has 0 bridgehead atoms. The molecular weight excluding hydrogens is 410 g/mol. The standard InChI is InChI=1S/C20H21N3O8/c1-11-5-6-13(7-16(11)23(27)28)22-19(25)10-31-20(26)14-8-17(29-3)18(30-4)9-15(14)21-12(2)24/h5-9H,10H2,1-4H3,(H,21,24)(H,22,25). The molecule has 2 aromatic carbocycles. The number of benzene rings is 2. The molecular formula is C20H21N3O8. The molecule has 0 saturated carbocycles. The van der Waals surface area contributed by atoms with Crippen molar-refractivity contribution in [2.45, 2.75) is 13.8 Å². The molecule has 0 fully saturated rings. The Balaban J connectivity index is 2.14. The summed E-state index contributed by atoms with van der Waals surface area (Å²) in [5.41, 5.74) is 0.535. The fraction of sp³-hybridized carbons (Fsp3) is 0.250. The zero-order valence-corrected chi connectivity index (χ0v) is 17.3. The van der Waals surface area contributed by atoms with Crippen molar-refractivity contribution in [3.8, 4) is 11.5 Å². The lowest BCUT2D eigenvalue weighted by atomic mass is 10.1. The summed E-state index contributed by atoms with van der Waals surface area (Å²) < 4.78 is 15.3.